The van der Waals surface area contributed by atoms with Crippen LogP contribution in [0.25, 0.3) is 11.1 Å². The predicted molar refractivity (Wildman–Crippen MR) is 159 cm³/mol. The quantitative estimate of drug-likeness (QED) is 0.296. The summed E-state index contributed by atoms with van der Waals surface area (Å²) in [5.41, 5.74) is 3.38. The number of benzene rings is 2. The molecule has 226 valence electrons. The van der Waals surface area contributed by atoms with Crippen molar-refractivity contribution in [3.05, 3.63) is 64.9 Å². The Morgan fingerprint density at radius 2 is 1.76 bits per heavy atom. The number of carbonyl (C=O) groups is 1. The summed E-state index contributed by atoms with van der Waals surface area (Å²) in [7, 11) is 0. The molecule has 0 bridgehead atoms. The zero-order chi connectivity index (χ0) is 30.0. The number of amides is 1. The summed E-state index contributed by atoms with van der Waals surface area (Å²) in [4.78, 5) is 18.4. The molecule has 7 nitrogen and oxygen atoms in total. The van der Waals surface area contributed by atoms with Crippen LogP contribution in [0, 0.1) is 12.8 Å². The van der Waals surface area contributed by atoms with Crippen molar-refractivity contribution < 1.29 is 22.7 Å². The molecule has 2 aliphatic rings. The number of hydrogen-bond acceptors (Lipinski definition) is 5. The third-order valence-corrected chi connectivity index (χ3v) is 8.15. The first-order valence-corrected chi connectivity index (χ1v) is 14.8. The fourth-order valence-electron chi connectivity index (χ4n) is 5.79. The minimum Gasteiger partial charge on any atom is -0.449 e. The largest absolute Gasteiger partial charge is 0.449 e. The van der Waals surface area contributed by atoms with Crippen LogP contribution in [-0.2, 0) is 10.9 Å². The summed E-state index contributed by atoms with van der Waals surface area (Å²) in [5.74, 6) is 0.300. The number of nitrogens with zero attached hydrogens (tertiary/aromatic N) is 5. The smallest absolute Gasteiger partial charge is 0.433 e. The van der Waals surface area contributed by atoms with Crippen LogP contribution < -0.4 is 9.80 Å². The number of aromatic nitrogens is 2. The molecule has 2 aromatic carbocycles. The van der Waals surface area contributed by atoms with Gasteiger partial charge in [0.2, 0.25) is 0 Å². The molecule has 0 aliphatic carbocycles. The van der Waals surface area contributed by atoms with Gasteiger partial charge in [0.05, 0.1) is 18.8 Å². The monoisotopic (exact) mass is 603 g/mol. The van der Waals surface area contributed by atoms with E-state index < -0.39 is 17.9 Å². The lowest BCUT2D eigenvalue weighted by atomic mass is 9.99. The molecule has 42 heavy (non-hydrogen) atoms. The first-order valence-electron chi connectivity index (χ1n) is 14.4. The highest BCUT2D eigenvalue weighted by Crippen LogP contribution is 2.39. The van der Waals surface area contributed by atoms with Crippen LogP contribution in [0.5, 0.6) is 0 Å². The normalized spacial score (nSPS) is 18.1. The Kier molecular flexibility index (Phi) is 8.92. The SMILES string of the molecule is Cc1cnn(C2CCCN(c3cc(Cl)ccc3-c3ccc(N4CCN(C(=O)OCC(C)C)CC4)cc3)C2)c1C(F)(F)F. The number of anilines is 2. The predicted octanol–water partition coefficient (Wildman–Crippen LogP) is 7.29. The first kappa shape index (κ1) is 30.1. The molecule has 1 unspecified atom stereocenters. The number of hydrogen-bond donors (Lipinski definition) is 0. The lowest BCUT2D eigenvalue weighted by Crippen LogP contribution is -2.49. The van der Waals surface area contributed by atoms with E-state index in [0.29, 0.717) is 63.2 Å². The standard InChI is InChI=1S/C31H37ClF3N5O2/c1-21(2)20-42-30(41)38-15-13-37(14-16-38)25-9-6-23(7-10-25)27-11-8-24(32)17-28(27)39-12-4-5-26(19-39)40-29(31(33,34)35)22(3)18-36-40/h6-11,17-18,21,26H,4-5,12-16,19-20H2,1-3H3. The van der Waals surface area contributed by atoms with E-state index in [2.05, 4.69) is 39.2 Å². The van der Waals surface area contributed by atoms with Gasteiger partial charge in [-0.1, -0.05) is 43.6 Å². The second-order valence-corrected chi connectivity index (χ2v) is 12.0. The van der Waals surface area contributed by atoms with Gasteiger partial charge in [-0.25, -0.2) is 4.79 Å². The number of carbonyl (C=O) groups excluding carboxylic acids is 1. The molecule has 2 fully saturated rings. The molecule has 3 aromatic rings. The third-order valence-electron chi connectivity index (χ3n) is 7.91. The lowest BCUT2D eigenvalue weighted by molar-refractivity contribution is -0.145. The topological polar surface area (TPSA) is 53.8 Å². The third kappa shape index (κ3) is 6.64. The van der Waals surface area contributed by atoms with Crippen LogP contribution in [0.15, 0.2) is 48.7 Å². The van der Waals surface area contributed by atoms with E-state index in [-0.39, 0.29) is 11.7 Å². The second-order valence-electron chi connectivity index (χ2n) is 11.5. The van der Waals surface area contributed by atoms with E-state index in [9.17, 15) is 18.0 Å². The van der Waals surface area contributed by atoms with Gasteiger partial charge in [-0.05, 0) is 61.1 Å². The maximum absolute atomic E-state index is 13.8. The molecule has 0 N–H and O–H groups in total. The minimum atomic E-state index is -4.46. The van der Waals surface area contributed by atoms with Gasteiger partial charge in [-0.2, -0.15) is 18.3 Å². The van der Waals surface area contributed by atoms with Gasteiger partial charge in [0, 0.05) is 61.2 Å². The van der Waals surface area contributed by atoms with Crippen LogP contribution in [0.2, 0.25) is 5.02 Å². The summed E-state index contributed by atoms with van der Waals surface area (Å²) in [5, 5.41) is 4.70. The van der Waals surface area contributed by atoms with Crippen LogP contribution in [-0.4, -0.2) is 66.6 Å². The number of rotatable bonds is 6. The number of ether oxygens (including phenoxy) is 1. The van der Waals surface area contributed by atoms with Gasteiger partial charge in [-0.3, -0.25) is 4.68 Å². The van der Waals surface area contributed by atoms with Crippen molar-refractivity contribution in [2.45, 2.75) is 45.8 Å². The Balaban J connectivity index is 1.31. The van der Waals surface area contributed by atoms with E-state index in [0.717, 1.165) is 33.6 Å². The highest BCUT2D eigenvalue weighted by Gasteiger charge is 2.39. The summed E-state index contributed by atoms with van der Waals surface area (Å²) in [6.07, 6.45) is -2.06. The van der Waals surface area contributed by atoms with E-state index in [1.54, 1.807) is 4.90 Å². The molecular weight excluding hydrogens is 567 g/mol. The average molecular weight is 604 g/mol. The summed E-state index contributed by atoms with van der Waals surface area (Å²) >= 11 is 6.42. The Bertz CT molecular complexity index is 1380. The number of piperazine rings is 1. The molecule has 5 rings (SSSR count). The van der Waals surface area contributed by atoms with Crippen molar-refractivity contribution in [2.75, 3.05) is 55.7 Å². The zero-order valence-electron chi connectivity index (χ0n) is 24.2. The van der Waals surface area contributed by atoms with Crippen LogP contribution in [0.4, 0.5) is 29.3 Å². The molecule has 1 atom stereocenters. The van der Waals surface area contributed by atoms with Crippen LogP contribution >= 0.6 is 11.6 Å². The molecule has 2 saturated heterocycles. The maximum Gasteiger partial charge on any atom is 0.433 e. The van der Waals surface area contributed by atoms with Gasteiger partial charge in [0.25, 0.3) is 0 Å². The van der Waals surface area contributed by atoms with Crippen molar-refractivity contribution in [1.29, 1.82) is 0 Å². The minimum absolute atomic E-state index is 0.135. The Morgan fingerprint density at radius 3 is 2.43 bits per heavy atom. The lowest BCUT2D eigenvalue weighted by Gasteiger charge is -2.37. The van der Waals surface area contributed by atoms with E-state index in [1.807, 2.05) is 32.0 Å². The highest BCUT2D eigenvalue weighted by atomic mass is 35.5. The molecule has 11 heteroatoms. The molecule has 3 heterocycles. The van der Waals surface area contributed by atoms with Crippen molar-refractivity contribution in [1.82, 2.24) is 14.7 Å². The van der Waals surface area contributed by atoms with Gasteiger partial charge in [0.1, 0.15) is 5.69 Å². The molecular formula is C31H37ClF3N5O2. The van der Waals surface area contributed by atoms with E-state index in [1.165, 1.54) is 13.1 Å². The van der Waals surface area contributed by atoms with Crippen molar-refractivity contribution in [3.8, 4) is 11.1 Å². The first-order chi connectivity index (χ1) is 20.0. The van der Waals surface area contributed by atoms with Gasteiger partial charge in [-0.15, -0.1) is 0 Å². The van der Waals surface area contributed by atoms with Crippen molar-refractivity contribution in [3.63, 3.8) is 0 Å². The van der Waals surface area contributed by atoms with Gasteiger partial charge >= 0.3 is 12.3 Å². The summed E-state index contributed by atoms with van der Waals surface area (Å²) in [6.45, 7) is 9.64. The fourth-order valence-corrected chi connectivity index (χ4v) is 5.96. The summed E-state index contributed by atoms with van der Waals surface area (Å²) in [6, 6.07) is 13.6. The Morgan fingerprint density at radius 1 is 1.05 bits per heavy atom. The van der Waals surface area contributed by atoms with Gasteiger partial charge in [0.15, 0.2) is 0 Å². The molecule has 1 aromatic heterocycles. The highest BCUT2D eigenvalue weighted by molar-refractivity contribution is 6.31. The number of piperidine rings is 1. The number of alkyl halides is 3. The molecule has 0 saturated carbocycles. The Labute approximate surface area is 249 Å². The molecule has 2 aliphatic heterocycles. The molecule has 0 radical (unpaired) electrons. The second kappa shape index (κ2) is 12.5. The molecule has 1 amide bonds. The summed E-state index contributed by atoms with van der Waals surface area (Å²) < 4.78 is 48.0. The fraction of sp³-hybridized carbons (Fsp3) is 0.484. The number of aryl methyl sites for hydroxylation is 1. The molecule has 0 spiro atoms. The van der Waals surface area contributed by atoms with E-state index >= 15 is 0 Å². The van der Waals surface area contributed by atoms with Crippen LogP contribution in [0.3, 0.4) is 0 Å². The number of halogens is 4. The zero-order valence-corrected chi connectivity index (χ0v) is 25.0. The van der Waals surface area contributed by atoms with Crippen molar-refractivity contribution >= 4 is 29.1 Å². The van der Waals surface area contributed by atoms with Gasteiger partial charge < -0.3 is 19.4 Å². The van der Waals surface area contributed by atoms with E-state index in [4.69, 9.17) is 16.3 Å². The maximum atomic E-state index is 13.8. The van der Waals surface area contributed by atoms with Crippen LogP contribution in [0.1, 0.15) is 44.0 Å². The average Bonchev–Trinajstić information content (AvgIpc) is 3.38. The van der Waals surface area contributed by atoms with Crippen molar-refractivity contribution in [2.24, 2.45) is 5.92 Å². The Hall–Kier alpha value is -3.40.